The molecule has 1 amide bonds. The Morgan fingerprint density at radius 3 is 2.44 bits per heavy atom. The van der Waals surface area contributed by atoms with Crippen LogP contribution in [0.3, 0.4) is 0 Å². The number of hydrogen-bond donors (Lipinski definition) is 1. The molecule has 126 valence electrons. The van der Waals surface area contributed by atoms with E-state index in [1.165, 1.54) is 0 Å². The second kappa shape index (κ2) is 8.11. The van der Waals surface area contributed by atoms with Gasteiger partial charge in [-0.25, -0.2) is 0 Å². The van der Waals surface area contributed by atoms with Crippen LogP contribution in [-0.2, 0) is 0 Å². The van der Waals surface area contributed by atoms with Gasteiger partial charge in [-0.3, -0.25) is 9.78 Å². The Kier molecular flexibility index (Phi) is 5.42. The fourth-order valence-electron chi connectivity index (χ4n) is 2.66. The molecule has 0 aliphatic heterocycles. The normalized spacial score (nSPS) is 11.6. The molecule has 4 nitrogen and oxygen atoms in total. The summed E-state index contributed by atoms with van der Waals surface area (Å²) in [6.07, 6.45) is 1.73. The molecule has 1 aromatic heterocycles. The number of carbonyl (C=O) groups excluding carboxylic acids is 1. The lowest BCUT2D eigenvalue weighted by Gasteiger charge is -2.20. The van der Waals surface area contributed by atoms with E-state index >= 15 is 0 Å². The van der Waals surface area contributed by atoms with Crippen molar-refractivity contribution < 1.29 is 9.53 Å². The number of rotatable bonds is 6. The lowest BCUT2D eigenvalue weighted by atomic mass is 10.0. The maximum absolute atomic E-state index is 12.9. The largest absolute Gasteiger partial charge is 0.493 e. The van der Waals surface area contributed by atoms with Gasteiger partial charge in [0.25, 0.3) is 5.91 Å². The molecule has 3 rings (SSSR count). The van der Waals surface area contributed by atoms with Crippen LogP contribution >= 0.6 is 0 Å². The van der Waals surface area contributed by atoms with Gasteiger partial charge in [0, 0.05) is 6.20 Å². The summed E-state index contributed by atoms with van der Waals surface area (Å²) in [5.41, 5.74) is 2.28. The SMILES string of the molecule is CCOc1ccccc1C(=O)N[C@@H](c1ccccc1)c1ccccn1. The first kappa shape index (κ1) is 16.7. The molecule has 0 unspecified atom stereocenters. The zero-order chi connectivity index (χ0) is 17.5. The summed E-state index contributed by atoms with van der Waals surface area (Å²) in [7, 11) is 0. The fourth-order valence-corrected chi connectivity index (χ4v) is 2.66. The first-order chi connectivity index (χ1) is 12.3. The van der Waals surface area contributed by atoms with E-state index in [1.54, 1.807) is 18.3 Å². The van der Waals surface area contributed by atoms with Crippen LogP contribution in [0, 0.1) is 0 Å². The molecular formula is C21H20N2O2. The van der Waals surface area contributed by atoms with Gasteiger partial charge in [-0.1, -0.05) is 48.5 Å². The van der Waals surface area contributed by atoms with Crippen LogP contribution in [0.15, 0.2) is 79.0 Å². The fraction of sp³-hybridized carbons (Fsp3) is 0.143. The highest BCUT2D eigenvalue weighted by Gasteiger charge is 2.20. The van der Waals surface area contributed by atoms with Crippen molar-refractivity contribution in [2.24, 2.45) is 0 Å². The number of carbonyl (C=O) groups is 1. The average Bonchev–Trinajstić information content (AvgIpc) is 2.68. The van der Waals surface area contributed by atoms with Crippen LogP contribution in [0.2, 0.25) is 0 Å². The van der Waals surface area contributed by atoms with E-state index in [1.807, 2.05) is 67.6 Å². The molecule has 0 aliphatic carbocycles. The minimum absolute atomic E-state index is 0.191. The third-order valence-corrected chi connectivity index (χ3v) is 3.82. The molecule has 1 N–H and O–H groups in total. The highest BCUT2D eigenvalue weighted by molar-refractivity contribution is 5.97. The topological polar surface area (TPSA) is 51.2 Å². The van der Waals surface area contributed by atoms with Gasteiger partial charge < -0.3 is 10.1 Å². The molecule has 1 heterocycles. The molecule has 0 saturated carbocycles. The molecule has 2 aromatic carbocycles. The van der Waals surface area contributed by atoms with Crippen molar-refractivity contribution in [3.05, 3.63) is 95.8 Å². The maximum atomic E-state index is 12.9. The Hall–Kier alpha value is -3.14. The Balaban J connectivity index is 1.92. The molecule has 0 spiro atoms. The number of nitrogens with one attached hydrogen (secondary N) is 1. The van der Waals surface area contributed by atoms with Gasteiger partial charge in [0.05, 0.1) is 23.9 Å². The first-order valence-corrected chi connectivity index (χ1v) is 8.28. The van der Waals surface area contributed by atoms with Crippen molar-refractivity contribution in [3.8, 4) is 5.75 Å². The van der Waals surface area contributed by atoms with Gasteiger partial charge in [0.1, 0.15) is 5.75 Å². The standard InChI is InChI=1S/C21H20N2O2/c1-2-25-19-14-7-6-12-17(19)21(24)23-20(16-10-4-3-5-11-16)18-13-8-9-15-22-18/h3-15,20H,2H2,1H3,(H,23,24)/t20-/m0/s1. The number of benzene rings is 2. The first-order valence-electron chi connectivity index (χ1n) is 8.28. The summed E-state index contributed by atoms with van der Waals surface area (Å²) in [5.74, 6) is 0.388. The maximum Gasteiger partial charge on any atom is 0.255 e. The average molecular weight is 332 g/mol. The van der Waals surface area contributed by atoms with Crippen LogP contribution in [0.1, 0.15) is 34.6 Å². The predicted octanol–water partition coefficient (Wildman–Crippen LogP) is 4.00. The van der Waals surface area contributed by atoms with Gasteiger partial charge in [0.2, 0.25) is 0 Å². The van der Waals surface area contributed by atoms with E-state index < -0.39 is 0 Å². The summed E-state index contributed by atoms with van der Waals surface area (Å²) >= 11 is 0. The van der Waals surface area contributed by atoms with E-state index in [-0.39, 0.29) is 11.9 Å². The molecule has 3 aromatic rings. The van der Waals surface area contributed by atoms with E-state index in [4.69, 9.17) is 4.74 Å². The third-order valence-electron chi connectivity index (χ3n) is 3.82. The predicted molar refractivity (Wildman–Crippen MR) is 97.6 cm³/mol. The minimum atomic E-state index is -0.329. The van der Waals surface area contributed by atoms with Crippen molar-refractivity contribution in [2.75, 3.05) is 6.61 Å². The van der Waals surface area contributed by atoms with Crippen molar-refractivity contribution in [3.63, 3.8) is 0 Å². The molecule has 1 atom stereocenters. The number of ether oxygens (including phenoxy) is 1. The number of aromatic nitrogens is 1. The summed E-state index contributed by atoms with van der Waals surface area (Å²) in [6.45, 7) is 2.40. The lowest BCUT2D eigenvalue weighted by Crippen LogP contribution is -2.30. The second-order valence-corrected chi connectivity index (χ2v) is 5.50. The highest BCUT2D eigenvalue weighted by atomic mass is 16.5. The zero-order valence-corrected chi connectivity index (χ0v) is 14.1. The molecule has 25 heavy (non-hydrogen) atoms. The summed E-state index contributed by atoms with van der Waals surface area (Å²) in [5, 5.41) is 3.08. The van der Waals surface area contributed by atoms with E-state index in [0.717, 1.165) is 11.3 Å². The van der Waals surface area contributed by atoms with Crippen molar-refractivity contribution in [1.82, 2.24) is 10.3 Å². The molecule has 0 fully saturated rings. The quantitative estimate of drug-likeness (QED) is 0.742. The summed E-state index contributed by atoms with van der Waals surface area (Å²) in [6, 6.07) is 22.4. The Labute approximate surface area is 147 Å². The van der Waals surface area contributed by atoms with Gasteiger partial charge in [0.15, 0.2) is 0 Å². The van der Waals surface area contributed by atoms with E-state index in [2.05, 4.69) is 10.3 Å². The number of amides is 1. The van der Waals surface area contributed by atoms with Crippen LogP contribution < -0.4 is 10.1 Å². The van der Waals surface area contributed by atoms with E-state index in [0.29, 0.717) is 17.9 Å². The van der Waals surface area contributed by atoms with Gasteiger partial charge in [-0.2, -0.15) is 0 Å². The van der Waals surface area contributed by atoms with Crippen LogP contribution in [0.5, 0.6) is 5.75 Å². The molecule has 0 aliphatic rings. The molecule has 4 heteroatoms. The Morgan fingerprint density at radius 1 is 1.00 bits per heavy atom. The third kappa shape index (κ3) is 4.04. The smallest absolute Gasteiger partial charge is 0.255 e. The van der Waals surface area contributed by atoms with Crippen molar-refractivity contribution in [1.29, 1.82) is 0 Å². The van der Waals surface area contributed by atoms with Crippen LogP contribution in [0.25, 0.3) is 0 Å². The monoisotopic (exact) mass is 332 g/mol. The zero-order valence-electron chi connectivity index (χ0n) is 14.1. The highest BCUT2D eigenvalue weighted by Crippen LogP contribution is 2.23. The van der Waals surface area contributed by atoms with Crippen molar-refractivity contribution >= 4 is 5.91 Å². The van der Waals surface area contributed by atoms with Gasteiger partial charge in [-0.15, -0.1) is 0 Å². The number of pyridine rings is 1. The number of nitrogens with zero attached hydrogens (tertiary/aromatic N) is 1. The number of hydrogen-bond acceptors (Lipinski definition) is 3. The second-order valence-electron chi connectivity index (χ2n) is 5.50. The molecular weight excluding hydrogens is 312 g/mol. The Bertz CT molecular complexity index is 780. The van der Waals surface area contributed by atoms with Gasteiger partial charge in [-0.05, 0) is 36.8 Å². The van der Waals surface area contributed by atoms with Crippen LogP contribution in [-0.4, -0.2) is 17.5 Å². The lowest BCUT2D eigenvalue weighted by molar-refractivity contribution is 0.0938. The summed E-state index contributed by atoms with van der Waals surface area (Å²) < 4.78 is 5.57. The summed E-state index contributed by atoms with van der Waals surface area (Å²) in [4.78, 5) is 17.3. The van der Waals surface area contributed by atoms with E-state index in [9.17, 15) is 4.79 Å². The minimum Gasteiger partial charge on any atom is -0.493 e. The van der Waals surface area contributed by atoms with Gasteiger partial charge >= 0.3 is 0 Å². The Morgan fingerprint density at radius 2 is 1.72 bits per heavy atom. The van der Waals surface area contributed by atoms with Crippen molar-refractivity contribution in [2.45, 2.75) is 13.0 Å². The number of para-hydroxylation sites is 1. The molecule has 0 radical (unpaired) electrons. The molecule has 0 saturated heterocycles. The molecule has 0 bridgehead atoms. The van der Waals surface area contributed by atoms with Crippen LogP contribution in [0.4, 0.5) is 0 Å².